The van der Waals surface area contributed by atoms with Crippen molar-refractivity contribution in [2.24, 2.45) is 5.73 Å². The summed E-state index contributed by atoms with van der Waals surface area (Å²) in [5, 5.41) is 3.30. The van der Waals surface area contributed by atoms with Gasteiger partial charge in [0.15, 0.2) is 0 Å². The zero-order chi connectivity index (χ0) is 12.1. The van der Waals surface area contributed by atoms with E-state index in [-0.39, 0.29) is 0 Å². The standard InChI is InChI=1S/C13H13N3S/c14-13(17)11-3-5-12(6-4-11)16-9-10-2-1-7-15-8-10/h1-8,16H,9H2,(H2,14,17). The third kappa shape index (κ3) is 3.26. The second-order valence-electron chi connectivity index (χ2n) is 3.66. The molecule has 0 saturated heterocycles. The van der Waals surface area contributed by atoms with E-state index in [0.717, 1.165) is 23.4 Å². The van der Waals surface area contributed by atoms with E-state index in [1.807, 2.05) is 42.6 Å². The summed E-state index contributed by atoms with van der Waals surface area (Å²) in [6.45, 7) is 0.750. The van der Waals surface area contributed by atoms with E-state index in [1.165, 1.54) is 0 Å². The van der Waals surface area contributed by atoms with Crippen LogP contribution in [0.1, 0.15) is 11.1 Å². The molecular weight excluding hydrogens is 230 g/mol. The fraction of sp³-hybridized carbons (Fsp3) is 0.0769. The summed E-state index contributed by atoms with van der Waals surface area (Å²) in [5.74, 6) is 0. The first kappa shape index (κ1) is 11.5. The van der Waals surface area contributed by atoms with Crippen molar-refractivity contribution in [3.63, 3.8) is 0 Å². The van der Waals surface area contributed by atoms with E-state index < -0.39 is 0 Å². The SMILES string of the molecule is NC(=S)c1ccc(NCc2cccnc2)cc1. The zero-order valence-corrected chi connectivity index (χ0v) is 10.1. The predicted octanol–water partition coefficient (Wildman–Crippen LogP) is 2.33. The monoisotopic (exact) mass is 243 g/mol. The Kier molecular flexibility index (Phi) is 3.67. The maximum absolute atomic E-state index is 5.53. The number of anilines is 1. The first-order valence-corrected chi connectivity index (χ1v) is 5.69. The largest absolute Gasteiger partial charge is 0.389 e. The molecule has 4 heteroatoms. The quantitative estimate of drug-likeness (QED) is 0.809. The molecule has 2 aromatic rings. The molecule has 0 fully saturated rings. The molecular formula is C13H13N3S. The van der Waals surface area contributed by atoms with Crippen LogP contribution in [0.25, 0.3) is 0 Å². The van der Waals surface area contributed by atoms with Crippen molar-refractivity contribution in [3.8, 4) is 0 Å². The number of nitrogens with zero attached hydrogens (tertiary/aromatic N) is 1. The van der Waals surface area contributed by atoms with Crippen LogP contribution in [-0.2, 0) is 6.54 Å². The van der Waals surface area contributed by atoms with Gasteiger partial charge in [0.2, 0.25) is 0 Å². The highest BCUT2D eigenvalue weighted by Gasteiger charge is 1.97. The number of aromatic nitrogens is 1. The van der Waals surface area contributed by atoms with Crippen LogP contribution < -0.4 is 11.1 Å². The number of rotatable bonds is 4. The molecule has 0 radical (unpaired) electrons. The van der Waals surface area contributed by atoms with E-state index in [0.29, 0.717) is 4.99 Å². The van der Waals surface area contributed by atoms with Crippen molar-refractivity contribution < 1.29 is 0 Å². The number of nitrogens with two attached hydrogens (primary N) is 1. The van der Waals surface area contributed by atoms with Crippen LogP contribution in [0.2, 0.25) is 0 Å². The van der Waals surface area contributed by atoms with Crippen LogP contribution in [0, 0.1) is 0 Å². The second kappa shape index (κ2) is 5.41. The predicted molar refractivity (Wildman–Crippen MR) is 73.9 cm³/mol. The molecule has 3 nitrogen and oxygen atoms in total. The smallest absolute Gasteiger partial charge is 0.103 e. The number of thiocarbonyl (C=S) groups is 1. The summed E-state index contributed by atoms with van der Waals surface area (Å²) in [5.41, 5.74) is 8.59. The molecule has 0 spiro atoms. The van der Waals surface area contributed by atoms with Gasteiger partial charge in [0.25, 0.3) is 0 Å². The van der Waals surface area contributed by atoms with Gasteiger partial charge in [-0.1, -0.05) is 18.3 Å². The van der Waals surface area contributed by atoms with Gasteiger partial charge in [0.05, 0.1) is 0 Å². The average molecular weight is 243 g/mol. The Morgan fingerprint density at radius 3 is 2.59 bits per heavy atom. The van der Waals surface area contributed by atoms with Crippen LogP contribution in [0.5, 0.6) is 0 Å². The van der Waals surface area contributed by atoms with Crippen LogP contribution >= 0.6 is 12.2 Å². The lowest BCUT2D eigenvalue weighted by Gasteiger charge is -2.06. The van der Waals surface area contributed by atoms with Gasteiger partial charge in [-0.25, -0.2) is 0 Å². The molecule has 0 bridgehead atoms. The maximum Gasteiger partial charge on any atom is 0.103 e. The molecule has 1 aromatic heterocycles. The summed E-state index contributed by atoms with van der Waals surface area (Å²) in [6, 6.07) is 11.7. The van der Waals surface area contributed by atoms with Gasteiger partial charge in [0.1, 0.15) is 4.99 Å². The minimum absolute atomic E-state index is 0.420. The number of benzene rings is 1. The van der Waals surface area contributed by atoms with E-state index in [1.54, 1.807) is 6.20 Å². The topological polar surface area (TPSA) is 50.9 Å². The molecule has 0 unspecified atom stereocenters. The van der Waals surface area contributed by atoms with Crippen molar-refractivity contribution in [2.45, 2.75) is 6.54 Å². The van der Waals surface area contributed by atoms with Crippen molar-refractivity contribution in [1.82, 2.24) is 4.98 Å². The molecule has 3 N–H and O–H groups in total. The Bertz CT molecular complexity index is 494. The number of pyridine rings is 1. The number of hydrogen-bond acceptors (Lipinski definition) is 3. The molecule has 86 valence electrons. The highest BCUT2D eigenvalue weighted by atomic mass is 32.1. The molecule has 0 aliphatic heterocycles. The van der Waals surface area contributed by atoms with E-state index in [4.69, 9.17) is 18.0 Å². The summed E-state index contributed by atoms with van der Waals surface area (Å²) < 4.78 is 0. The van der Waals surface area contributed by atoms with Gasteiger partial charge in [0, 0.05) is 30.2 Å². The number of nitrogens with one attached hydrogen (secondary N) is 1. The van der Waals surface area contributed by atoms with Crippen molar-refractivity contribution >= 4 is 22.9 Å². The molecule has 0 aliphatic rings. The van der Waals surface area contributed by atoms with Gasteiger partial charge in [-0.15, -0.1) is 0 Å². The van der Waals surface area contributed by atoms with Crippen LogP contribution in [0.15, 0.2) is 48.8 Å². The maximum atomic E-state index is 5.53. The molecule has 0 amide bonds. The van der Waals surface area contributed by atoms with Gasteiger partial charge in [-0.2, -0.15) is 0 Å². The highest BCUT2D eigenvalue weighted by Crippen LogP contribution is 2.10. The van der Waals surface area contributed by atoms with Crippen molar-refractivity contribution in [3.05, 3.63) is 59.9 Å². The molecule has 1 heterocycles. The summed E-state index contributed by atoms with van der Waals surface area (Å²) in [6.07, 6.45) is 3.61. The second-order valence-corrected chi connectivity index (χ2v) is 4.10. The first-order chi connectivity index (χ1) is 8.25. The fourth-order valence-corrected chi connectivity index (χ4v) is 1.60. The van der Waals surface area contributed by atoms with E-state index in [9.17, 15) is 0 Å². The molecule has 1 aromatic carbocycles. The van der Waals surface area contributed by atoms with Crippen LogP contribution in [-0.4, -0.2) is 9.97 Å². The van der Waals surface area contributed by atoms with Crippen molar-refractivity contribution in [1.29, 1.82) is 0 Å². The van der Waals surface area contributed by atoms with Crippen LogP contribution in [0.3, 0.4) is 0 Å². The molecule has 0 aliphatic carbocycles. The Balaban J connectivity index is 1.98. The highest BCUT2D eigenvalue weighted by molar-refractivity contribution is 7.80. The summed E-state index contributed by atoms with van der Waals surface area (Å²) in [4.78, 5) is 4.48. The zero-order valence-electron chi connectivity index (χ0n) is 9.26. The van der Waals surface area contributed by atoms with E-state index >= 15 is 0 Å². The lowest BCUT2D eigenvalue weighted by atomic mass is 10.2. The Morgan fingerprint density at radius 1 is 1.24 bits per heavy atom. The third-order valence-electron chi connectivity index (χ3n) is 2.39. The van der Waals surface area contributed by atoms with Crippen LogP contribution in [0.4, 0.5) is 5.69 Å². The Hall–Kier alpha value is -1.94. The number of hydrogen-bond donors (Lipinski definition) is 2. The minimum Gasteiger partial charge on any atom is -0.389 e. The Morgan fingerprint density at radius 2 is 2.00 bits per heavy atom. The van der Waals surface area contributed by atoms with Gasteiger partial charge in [-0.05, 0) is 35.9 Å². The molecule has 17 heavy (non-hydrogen) atoms. The summed E-state index contributed by atoms with van der Waals surface area (Å²) in [7, 11) is 0. The Labute approximate surface area is 106 Å². The van der Waals surface area contributed by atoms with Gasteiger partial charge >= 0.3 is 0 Å². The van der Waals surface area contributed by atoms with E-state index in [2.05, 4.69) is 10.3 Å². The lowest BCUT2D eigenvalue weighted by molar-refractivity contribution is 1.11. The summed E-state index contributed by atoms with van der Waals surface area (Å²) >= 11 is 4.90. The van der Waals surface area contributed by atoms with Crippen molar-refractivity contribution in [2.75, 3.05) is 5.32 Å². The molecule has 0 atom stereocenters. The molecule has 2 rings (SSSR count). The lowest BCUT2D eigenvalue weighted by Crippen LogP contribution is -2.09. The van der Waals surface area contributed by atoms with Gasteiger partial charge in [-0.3, -0.25) is 4.98 Å². The molecule has 0 saturated carbocycles. The van der Waals surface area contributed by atoms with Gasteiger partial charge < -0.3 is 11.1 Å². The average Bonchev–Trinajstić information content (AvgIpc) is 2.38. The normalized spacial score (nSPS) is 9.88. The fourth-order valence-electron chi connectivity index (χ4n) is 1.46. The minimum atomic E-state index is 0.420. The first-order valence-electron chi connectivity index (χ1n) is 5.28. The third-order valence-corrected chi connectivity index (χ3v) is 2.62.